The zero-order chi connectivity index (χ0) is 14.8. The second kappa shape index (κ2) is 5.86. The van der Waals surface area contributed by atoms with E-state index < -0.39 is 0 Å². The Bertz CT molecular complexity index is 656. The average Bonchev–Trinajstić information content (AvgIpc) is 2.54. The lowest BCUT2D eigenvalue weighted by Gasteiger charge is -2.37. The first-order chi connectivity index (χ1) is 10.2. The summed E-state index contributed by atoms with van der Waals surface area (Å²) in [5, 5.41) is 0. The molecule has 1 aliphatic rings. The van der Waals surface area contributed by atoms with Crippen molar-refractivity contribution >= 4 is 17.5 Å². The van der Waals surface area contributed by atoms with Crippen molar-refractivity contribution in [3.63, 3.8) is 0 Å². The SMILES string of the molecule is O=C(CCl)N1CCc2ccccc2[C@@H]1c1ccc(F)cc1. The maximum Gasteiger partial charge on any atom is 0.238 e. The van der Waals surface area contributed by atoms with E-state index in [0.29, 0.717) is 6.54 Å². The number of amides is 1. The van der Waals surface area contributed by atoms with Crippen LogP contribution in [0, 0.1) is 5.82 Å². The first-order valence-corrected chi connectivity index (χ1v) is 7.43. The fourth-order valence-corrected chi connectivity index (χ4v) is 3.07. The molecule has 1 atom stereocenters. The zero-order valence-corrected chi connectivity index (χ0v) is 12.2. The number of hydrogen-bond acceptors (Lipinski definition) is 1. The molecule has 4 heteroatoms. The van der Waals surface area contributed by atoms with Crippen LogP contribution in [0.15, 0.2) is 48.5 Å². The number of rotatable bonds is 2. The number of nitrogens with zero attached hydrogens (tertiary/aromatic N) is 1. The third kappa shape index (κ3) is 2.66. The van der Waals surface area contributed by atoms with E-state index in [0.717, 1.165) is 17.5 Å². The van der Waals surface area contributed by atoms with E-state index in [-0.39, 0.29) is 23.6 Å². The molecule has 0 bridgehead atoms. The molecule has 0 fully saturated rings. The number of fused-ring (bicyclic) bond motifs is 1. The van der Waals surface area contributed by atoms with Crippen LogP contribution < -0.4 is 0 Å². The molecule has 108 valence electrons. The molecule has 1 aliphatic heterocycles. The maximum atomic E-state index is 13.2. The van der Waals surface area contributed by atoms with Crippen LogP contribution in [-0.4, -0.2) is 23.2 Å². The second-order valence-corrected chi connectivity index (χ2v) is 5.39. The van der Waals surface area contributed by atoms with Gasteiger partial charge in [-0.25, -0.2) is 4.39 Å². The molecule has 2 aromatic carbocycles. The van der Waals surface area contributed by atoms with E-state index in [9.17, 15) is 9.18 Å². The predicted molar refractivity (Wildman–Crippen MR) is 80.8 cm³/mol. The molecule has 0 saturated heterocycles. The minimum atomic E-state index is -0.280. The van der Waals surface area contributed by atoms with Crippen molar-refractivity contribution in [1.29, 1.82) is 0 Å². The summed E-state index contributed by atoms with van der Waals surface area (Å²) in [6, 6.07) is 14.2. The fraction of sp³-hybridized carbons (Fsp3) is 0.235. The van der Waals surface area contributed by atoms with Crippen molar-refractivity contribution in [3.8, 4) is 0 Å². The van der Waals surface area contributed by atoms with Crippen LogP contribution in [-0.2, 0) is 11.2 Å². The Balaban J connectivity index is 2.09. The van der Waals surface area contributed by atoms with Gasteiger partial charge in [-0.05, 0) is 35.2 Å². The minimum absolute atomic E-state index is 0.0418. The molecule has 3 rings (SSSR count). The average molecular weight is 304 g/mol. The number of halogens is 2. The van der Waals surface area contributed by atoms with Gasteiger partial charge in [-0.15, -0.1) is 11.6 Å². The monoisotopic (exact) mass is 303 g/mol. The molecule has 1 heterocycles. The van der Waals surface area contributed by atoms with Gasteiger partial charge in [0.25, 0.3) is 0 Å². The van der Waals surface area contributed by atoms with Gasteiger partial charge in [0.15, 0.2) is 0 Å². The Morgan fingerprint density at radius 1 is 1.19 bits per heavy atom. The first-order valence-electron chi connectivity index (χ1n) is 6.89. The predicted octanol–water partition coefficient (Wildman–Crippen LogP) is 3.54. The van der Waals surface area contributed by atoms with Crippen LogP contribution in [0.4, 0.5) is 4.39 Å². The summed E-state index contributed by atoms with van der Waals surface area (Å²) in [4.78, 5) is 13.9. The van der Waals surface area contributed by atoms with Gasteiger partial charge in [-0.2, -0.15) is 0 Å². The zero-order valence-electron chi connectivity index (χ0n) is 11.4. The molecule has 2 aromatic rings. The third-order valence-electron chi connectivity index (χ3n) is 3.90. The Morgan fingerprint density at radius 3 is 2.62 bits per heavy atom. The van der Waals surface area contributed by atoms with Crippen molar-refractivity contribution < 1.29 is 9.18 Å². The highest BCUT2D eigenvalue weighted by Crippen LogP contribution is 2.35. The molecule has 0 saturated carbocycles. The lowest BCUT2D eigenvalue weighted by molar-refractivity contribution is -0.130. The van der Waals surface area contributed by atoms with Gasteiger partial charge in [0.2, 0.25) is 5.91 Å². The van der Waals surface area contributed by atoms with E-state index in [2.05, 4.69) is 6.07 Å². The van der Waals surface area contributed by atoms with Crippen LogP contribution >= 0.6 is 11.6 Å². The molecular formula is C17H15ClFNO. The number of benzene rings is 2. The molecule has 21 heavy (non-hydrogen) atoms. The van der Waals surface area contributed by atoms with Gasteiger partial charge in [-0.1, -0.05) is 36.4 Å². The molecule has 1 amide bonds. The van der Waals surface area contributed by atoms with E-state index >= 15 is 0 Å². The smallest absolute Gasteiger partial charge is 0.238 e. The lowest BCUT2D eigenvalue weighted by atomic mass is 9.88. The van der Waals surface area contributed by atoms with Gasteiger partial charge in [0, 0.05) is 6.54 Å². The molecule has 2 nitrogen and oxygen atoms in total. The highest BCUT2D eigenvalue weighted by molar-refractivity contribution is 6.27. The highest BCUT2D eigenvalue weighted by Gasteiger charge is 2.31. The maximum absolute atomic E-state index is 13.2. The summed E-state index contributed by atoms with van der Waals surface area (Å²) in [5.41, 5.74) is 3.22. The molecule has 0 aliphatic carbocycles. The van der Waals surface area contributed by atoms with Crippen LogP contribution in [0.5, 0.6) is 0 Å². The summed E-state index contributed by atoms with van der Waals surface area (Å²) in [6.45, 7) is 0.630. The lowest BCUT2D eigenvalue weighted by Crippen LogP contribution is -2.41. The van der Waals surface area contributed by atoms with Crippen molar-refractivity contribution in [2.45, 2.75) is 12.5 Å². The van der Waals surface area contributed by atoms with Crippen molar-refractivity contribution in [3.05, 3.63) is 71.0 Å². The molecular weight excluding hydrogens is 289 g/mol. The topological polar surface area (TPSA) is 20.3 Å². The van der Waals surface area contributed by atoms with Crippen LogP contribution in [0.1, 0.15) is 22.7 Å². The molecule has 0 unspecified atom stereocenters. The van der Waals surface area contributed by atoms with Crippen molar-refractivity contribution in [2.24, 2.45) is 0 Å². The quantitative estimate of drug-likeness (QED) is 0.777. The molecule has 0 aromatic heterocycles. The Hall–Kier alpha value is -1.87. The van der Waals surface area contributed by atoms with Crippen molar-refractivity contribution in [2.75, 3.05) is 12.4 Å². The Labute approximate surface area is 128 Å². The number of carbonyl (C=O) groups is 1. The normalized spacial score (nSPS) is 17.4. The summed E-state index contributed by atoms with van der Waals surface area (Å²) < 4.78 is 13.2. The van der Waals surface area contributed by atoms with Gasteiger partial charge in [0.05, 0.1) is 6.04 Å². The molecule has 0 radical (unpaired) electrons. The van der Waals surface area contributed by atoms with Gasteiger partial charge in [-0.3, -0.25) is 4.79 Å². The van der Waals surface area contributed by atoms with Gasteiger partial charge < -0.3 is 4.90 Å². The van der Waals surface area contributed by atoms with Gasteiger partial charge in [0.1, 0.15) is 11.7 Å². The van der Waals surface area contributed by atoms with Crippen molar-refractivity contribution in [1.82, 2.24) is 4.90 Å². The highest BCUT2D eigenvalue weighted by atomic mass is 35.5. The summed E-state index contributed by atoms with van der Waals surface area (Å²) >= 11 is 5.74. The fourth-order valence-electron chi connectivity index (χ4n) is 2.92. The summed E-state index contributed by atoms with van der Waals surface area (Å²) in [5.74, 6) is -0.418. The second-order valence-electron chi connectivity index (χ2n) is 5.12. The third-order valence-corrected chi connectivity index (χ3v) is 4.13. The van der Waals surface area contributed by atoms with Crippen LogP contribution in [0.25, 0.3) is 0 Å². The van der Waals surface area contributed by atoms with Crippen LogP contribution in [0.2, 0.25) is 0 Å². The number of carbonyl (C=O) groups excluding carboxylic acids is 1. The Kier molecular flexibility index (Phi) is 3.93. The number of hydrogen-bond donors (Lipinski definition) is 0. The largest absolute Gasteiger partial charge is 0.330 e. The molecule has 0 spiro atoms. The van der Waals surface area contributed by atoms with E-state index in [1.165, 1.54) is 17.7 Å². The summed E-state index contributed by atoms with van der Waals surface area (Å²) in [6.07, 6.45) is 0.816. The molecule has 0 N–H and O–H groups in total. The van der Waals surface area contributed by atoms with Crippen LogP contribution in [0.3, 0.4) is 0 Å². The Morgan fingerprint density at radius 2 is 1.90 bits per heavy atom. The van der Waals surface area contributed by atoms with Gasteiger partial charge >= 0.3 is 0 Å². The van der Waals surface area contributed by atoms with E-state index in [1.54, 1.807) is 17.0 Å². The summed E-state index contributed by atoms with van der Waals surface area (Å²) in [7, 11) is 0. The standard InChI is InChI=1S/C17H15ClFNO/c18-11-16(21)20-10-9-12-3-1-2-4-15(12)17(20)13-5-7-14(19)8-6-13/h1-8,17H,9-11H2/t17-/m0/s1. The minimum Gasteiger partial charge on any atom is -0.330 e. The first kappa shape index (κ1) is 14.1. The van der Waals surface area contributed by atoms with E-state index in [1.807, 2.05) is 18.2 Å². The van der Waals surface area contributed by atoms with E-state index in [4.69, 9.17) is 11.6 Å². The number of alkyl halides is 1.